The summed E-state index contributed by atoms with van der Waals surface area (Å²) >= 11 is 0. The van der Waals surface area contributed by atoms with Gasteiger partial charge in [0.1, 0.15) is 12.4 Å². The molecule has 5 nitrogen and oxygen atoms in total. The Morgan fingerprint density at radius 2 is 1.68 bits per heavy atom. The van der Waals surface area contributed by atoms with Crippen LogP contribution in [-0.2, 0) is 11.3 Å². The molecule has 1 aromatic heterocycles. The molecule has 0 bridgehead atoms. The number of hydrogen-bond donors (Lipinski definition) is 0. The molecule has 28 heavy (non-hydrogen) atoms. The number of rotatable bonds is 3. The van der Waals surface area contributed by atoms with Gasteiger partial charge in [-0.15, -0.1) is 0 Å². The molecule has 2 aromatic carbocycles. The van der Waals surface area contributed by atoms with Gasteiger partial charge in [0.05, 0.1) is 0 Å². The summed E-state index contributed by atoms with van der Waals surface area (Å²) in [6.45, 7) is 4.43. The zero-order valence-electron chi connectivity index (χ0n) is 15.8. The summed E-state index contributed by atoms with van der Waals surface area (Å²) < 4.78 is 14.6. The molecule has 0 N–H and O–H groups in total. The molecule has 4 rings (SSSR count). The molecule has 2 heterocycles. The number of benzene rings is 2. The molecule has 0 atom stereocenters. The van der Waals surface area contributed by atoms with E-state index >= 15 is 0 Å². The zero-order chi connectivity index (χ0) is 19.7. The SMILES string of the molecule is Cc1cc2ccccc2c(=O)n1CC(=O)N1CCN(c2ccc(F)cc2)CC1. The van der Waals surface area contributed by atoms with E-state index in [1.54, 1.807) is 27.7 Å². The molecular weight excluding hydrogens is 357 g/mol. The van der Waals surface area contributed by atoms with Gasteiger partial charge >= 0.3 is 0 Å². The summed E-state index contributed by atoms with van der Waals surface area (Å²) in [4.78, 5) is 29.5. The van der Waals surface area contributed by atoms with Crippen molar-refractivity contribution in [2.24, 2.45) is 0 Å². The first-order valence-corrected chi connectivity index (χ1v) is 9.40. The van der Waals surface area contributed by atoms with Gasteiger partial charge in [-0.05, 0) is 48.7 Å². The first-order valence-electron chi connectivity index (χ1n) is 9.40. The lowest BCUT2D eigenvalue weighted by molar-refractivity contribution is -0.132. The number of hydrogen-bond acceptors (Lipinski definition) is 3. The van der Waals surface area contributed by atoms with Crippen molar-refractivity contribution in [2.75, 3.05) is 31.1 Å². The minimum Gasteiger partial charge on any atom is -0.368 e. The van der Waals surface area contributed by atoms with Gasteiger partial charge in [0.15, 0.2) is 0 Å². The lowest BCUT2D eigenvalue weighted by Crippen LogP contribution is -2.50. The van der Waals surface area contributed by atoms with Crippen LogP contribution in [0.3, 0.4) is 0 Å². The molecule has 0 saturated carbocycles. The highest BCUT2D eigenvalue weighted by molar-refractivity contribution is 5.83. The number of anilines is 1. The van der Waals surface area contributed by atoms with E-state index in [0.29, 0.717) is 31.6 Å². The van der Waals surface area contributed by atoms with Gasteiger partial charge in [-0.2, -0.15) is 0 Å². The lowest BCUT2D eigenvalue weighted by Gasteiger charge is -2.36. The molecule has 1 amide bonds. The summed E-state index contributed by atoms with van der Waals surface area (Å²) in [6, 6.07) is 15.8. The maximum atomic E-state index is 13.1. The van der Waals surface area contributed by atoms with E-state index in [2.05, 4.69) is 4.90 Å². The molecule has 0 radical (unpaired) electrons. The second-order valence-electron chi connectivity index (χ2n) is 7.11. The van der Waals surface area contributed by atoms with Crippen molar-refractivity contribution in [2.45, 2.75) is 13.5 Å². The van der Waals surface area contributed by atoms with Crippen LogP contribution in [0.1, 0.15) is 5.69 Å². The molecule has 1 fully saturated rings. The third kappa shape index (κ3) is 3.50. The minimum absolute atomic E-state index is 0.0477. The van der Waals surface area contributed by atoms with Crippen molar-refractivity contribution in [3.05, 3.63) is 76.5 Å². The van der Waals surface area contributed by atoms with Gasteiger partial charge in [0, 0.05) is 42.9 Å². The van der Waals surface area contributed by atoms with E-state index in [4.69, 9.17) is 0 Å². The minimum atomic E-state index is -0.256. The Hall–Kier alpha value is -3.15. The van der Waals surface area contributed by atoms with Crippen LogP contribution in [0.4, 0.5) is 10.1 Å². The van der Waals surface area contributed by atoms with E-state index in [1.807, 2.05) is 31.2 Å². The van der Waals surface area contributed by atoms with E-state index < -0.39 is 0 Å². The summed E-state index contributed by atoms with van der Waals surface area (Å²) in [5.74, 6) is -0.312. The van der Waals surface area contributed by atoms with Crippen LogP contribution < -0.4 is 10.5 Å². The van der Waals surface area contributed by atoms with Gasteiger partial charge < -0.3 is 14.4 Å². The summed E-state index contributed by atoms with van der Waals surface area (Å²) in [5.41, 5.74) is 1.60. The highest BCUT2D eigenvalue weighted by Gasteiger charge is 2.22. The van der Waals surface area contributed by atoms with Crippen LogP contribution in [0.15, 0.2) is 59.4 Å². The van der Waals surface area contributed by atoms with Crippen molar-refractivity contribution in [3.8, 4) is 0 Å². The summed E-state index contributed by atoms with van der Waals surface area (Å²) in [6.07, 6.45) is 0. The first kappa shape index (κ1) is 18.2. The number of nitrogens with zero attached hydrogens (tertiary/aromatic N) is 3. The van der Waals surface area contributed by atoms with E-state index in [1.165, 1.54) is 12.1 Å². The quantitative estimate of drug-likeness (QED) is 0.703. The van der Waals surface area contributed by atoms with Crippen molar-refractivity contribution >= 4 is 22.4 Å². The second kappa shape index (κ2) is 7.46. The molecule has 1 aliphatic rings. The third-order valence-corrected chi connectivity index (χ3v) is 5.34. The van der Waals surface area contributed by atoms with Crippen LogP contribution in [0.2, 0.25) is 0 Å². The molecule has 6 heteroatoms. The van der Waals surface area contributed by atoms with Crippen LogP contribution in [0.25, 0.3) is 10.8 Å². The lowest BCUT2D eigenvalue weighted by atomic mass is 10.1. The number of fused-ring (bicyclic) bond motifs is 1. The maximum Gasteiger partial charge on any atom is 0.259 e. The van der Waals surface area contributed by atoms with Crippen LogP contribution in [0, 0.1) is 12.7 Å². The first-order chi connectivity index (χ1) is 13.5. The van der Waals surface area contributed by atoms with Crippen LogP contribution in [0.5, 0.6) is 0 Å². The average molecular weight is 379 g/mol. The van der Waals surface area contributed by atoms with Gasteiger partial charge in [0.25, 0.3) is 5.56 Å². The number of pyridine rings is 1. The van der Waals surface area contributed by atoms with E-state index in [0.717, 1.165) is 16.8 Å². The van der Waals surface area contributed by atoms with Crippen molar-refractivity contribution < 1.29 is 9.18 Å². The van der Waals surface area contributed by atoms with Gasteiger partial charge in [-0.1, -0.05) is 18.2 Å². The number of aryl methyl sites for hydroxylation is 1. The molecule has 0 unspecified atom stereocenters. The third-order valence-electron chi connectivity index (χ3n) is 5.34. The highest BCUT2D eigenvalue weighted by atomic mass is 19.1. The van der Waals surface area contributed by atoms with Crippen molar-refractivity contribution in [3.63, 3.8) is 0 Å². The predicted molar refractivity (Wildman–Crippen MR) is 108 cm³/mol. The Bertz CT molecular complexity index is 1070. The van der Waals surface area contributed by atoms with Crippen molar-refractivity contribution in [1.82, 2.24) is 9.47 Å². The molecule has 1 saturated heterocycles. The number of piperazine rings is 1. The van der Waals surface area contributed by atoms with Crippen molar-refractivity contribution in [1.29, 1.82) is 0 Å². The molecule has 0 aliphatic carbocycles. The number of halogens is 1. The Kier molecular flexibility index (Phi) is 4.86. The molecule has 0 spiro atoms. The normalized spacial score (nSPS) is 14.5. The summed E-state index contributed by atoms with van der Waals surface area (Å²) in [5, 5.41) is 1.52. The van der Waals surface area contributed by atoms with Crippen LogP contribution in [-0.4, -0.2) is 41.6 Å². The topological polar surface area (TPSA) is 45.6 Å². The largest absolute Gasteiger partial charge is 0.368 e. The zero-order valence-corrected chi connectivity index (χ0v) is 15.8. The van der Waals surface area contributed by atoms with Crippen LogP contribution >= 0.6 is 0 Å². The fourth-order valence-electron chi connectivity index (χ4n) is 3.72. The Morgan fingerprint density at radius 1 is 1.00 bits per heavy atom. The number of carbonyl (C=O) groups excluding carboxylic acids is 1. The highest BCUT2D eigenvalue weighted by Crippen LogP contribution is 2.17. The monoisotopic (exact) mass is 379 g/mol. The van der Waals surface area contributed by atoms with E-state index in [9.17, 15) is 14.0 Å². The summed E-state index contributed by atoms with van der Waals surface area (Å²) in [7, 11) is 0. The Morgan fingerprint density at radius 3 is 2.39 bits per heavy atom. The molecular formula is C22H22FN3O2. The van der Waals surface area contributed by atoms with Gasteiger partial charge in [-0.25, -0.2) is 4.39 Å². The van der Waals surface area contributed by atoms with E-state index in [-0.39, 0.29) is 23.8 Å². The Labute approximate surface area is 162 Å². The average Bonchev–Trinajstić information content (AvgIpc) is 2.72. The molecule has 144 valence electrons. The number of carbonyl (C=O) groups is 1. The molecule has 1 aliphatic heterocycles. The smallest absolute Gasteiger partial charge is 0.259 e. The predicted octanol–water partition coefficient (Wildman–Crippen LogP) is 2.80. The standard InChI is InChI=1S/C22H22FN3O2/c1-16-14-17-4-2-3-5-20(17)22(28)26(16)15-21(27)25-12-10-24(11-13-25)19-8-6-18(23)7-9-19/h2-9,14H,10-13,15H2,1H3. The second-order valence-corrected chi connectivity index (χ2v) is 7.11. The maximum absolute atomic E-state index is 13.1. The Balaban J connectivity index is 1.46. The van der Waals surface area contributed by atoms with Gasteiger partial charge in [-0.3, -0.25) is 9.59 Å². The fraction of sp³-hybridized carbons (Fsp3) is 0.273. The fourth-order valence-corrected chi connectivity index (χ4v) is 3.72. The number of amides is 1. The number of aromatic nitrogens is 1. The van der Waals surface area contributed by atoms with Gasteiger partial charge in [0.2, 0.25) is 5.91 Å². The molecule has 3 aromatic rings.